The van der Waals surface area contributed by atoms with Gasteiger partial charge in [0.2, 0.25) is 0 Å². The van der Waals surface area contributed by atoms with E-state index in [1.54, 1.807) is 0 Å². The van der Waals surface area contributed by atoms with Gasteiger partial charge in [-0.1, -0.05) is 13.8 Å². The molecule has 11 heavy (non-hydrogen) atoms. The third-order valence-electron chi connectivity index (χ3n) is 2.16. The first-order chi connectivity index (χ1) is 5.10. The van der Waals surface area contributed by atoms with Gasteiger partial charge >= 0.3 is 0 Å². The Labute approximate surface area is 68.0 Å². The molecule has 0 aromatic rings. The highest BCUT2D eigenvalue weighted by atomic mass is 16.1. The minimum absolute atomic E-state index is 0.438. The molecule has 0 aromatic carbocycles. The molecule has 0 N–H and O–H groups in total. The summed E-state index contributed by atoms with van der Waals surface area (Å²) >= 11 is 0. The average Bonchev–Trinajstić information content (AvgIpc) is 2.00. The molecule has 1 rings (SSSR count). The molecule has 0 radical (unpaired) electrons. The van der Waals surface area contributed by atoms with Crippen molar-refractivity contribution in [2.75, 3.05) is 0 Å². The van der Waals surface area contributed by atoms with Gasteiger partial charge in [0.25, 0.3) is 0 Å². The fraction of sp³-hybridized carbons (Fsp3) is 0.778. The number of carbonyl (C=O) groups excluding carboxylic acids is 2. The summed E-state index contributed by atoms with van der Waals surface area (Å²) in [5, 5.41) is 0. The second-order valence-electron chi connectivity index (χ2n) is 3.70. The standard InChI is InChI=1S/C8H14O.CH2O/c1-8(2)5-3-7(9)4-6-8;1-2/h3-6H2,1-2H3;1H2. The Morgan fingerprint density at radius 3 is 1.82 bits per heavy atom. The molecule has 1 fully saturated rings. The second kappa shape index (κ2) is 4.27. The third-order valence-corrected chi connectivity index (χ3v) is 2.16. The highest BCUT2D eigenvalue weighted by Gasteiger charge is 2.24. The molecule has 0 heterocycles. The van der Waals surface area contributed by atoms with E-state index in [4.69, 9.17) is 4.79 Å². The van der Waals surface area contributed by atoms with E-state index in [1.807, 2.05) is 6.79 Å². The summed E-state index contributed by atoms with van der Waals surface area (Å²) in [6, 6.07) is 0. The molecule has 2 nitrogen and oxygen atoms in total. The predicted molar refractivity (Wildman–Crippen MR) is 44.4 cm³/mol. The highest BCUT2D eigenvalue weighted by molar-refractivity contribution is 5.79. The lowest BCUT2D eigenvalue weighted by atomic mass is 9.77. The summed E-state index contributed by atoms with van der Waals surface area (Å²) < 4.78 is 0. The summed E-state index contributed by atoms with van der Waals surface area (Å²) in [4.78, 5) is 18.8. The van der Waals surface area contributed by atoms with Crippen LogP contribution < -0.4 is 0 Å². The maximum atomic E-state index is 10.8. The molecule has 0 aromatic heterocycles. The summed E-state index contributed by atoms with van der Waals surface area (Å²) in [5.41, 5.74) is 0.438. The summed E-state index contributed by atoms with van der Waals surface area (Å²) in [6.07, 6.45) is 3.80. The first-order valence-electron chi connectivity index (χ1n) is 3.91. The van der Waals surface area contributed by atoms with Crippen molar-refractivity contribution in [3.05, 3.63) is 0 Å². The van der Waals surface area contributed by atoms with Crippen LogP contribution >= 0.6 is 0 Å². The minimum Gasteiger partial charge on any atom is -0.307 e. The molecule has 0 bridgehead atoms. The lowest BCUT2D eigenvalue weighted by Crippen LogP contribution is -2.20. The largest absolute Gasteiger partial charge is 0.307 e. The average molecular weight is 156 g/mol. The van der Waals surface area contributed by atoms with Gasteiger partial charge in [-0.2, -0.15) is 0 Å². The monoisotopic (exact) mass is 156 g/mol. The molecular weight excluding hydrogens is 140 g/mol. The van der Waals surface area contributed by atoms with Crippen LogP contribution in [-0.4, -0.2) is 12.6 Å². The van der Waals surface area contributed by atoms with Gasteiger partial charge in [0.05, 0.1) is 0 Å². The normalized spacial score (nSPS) is 21.8. The lowest BCUT2D eigenvalue weighted by Gasteiger charge is -2.27. The molecule has 0 amide bonds. The van der Waals surface area contributed by atoms with E-state index in [-0.39, 0.29) is 0 Å². The number of rotatable bonds is 0. The Morgan fingerprint density at radius 1 is 1.18 bits per heavy atom. The molecule has 1 aliphatic carbocycles. The van der Waals surface area contributed by atoms with Crippen molar-refractivity contribution < 1.29 is 9.59 Å². The summed E-state index contributed by atoms with van der Waals surface area (Å²) in [6.45, 7) is 6.47. The van der Waals surface area contributed by atoms with Gasteiger partial charge < -0.3 is 4.79 Å². The van der Waals surface area contributed by atoms with E-state index in [2.05, 4.69) is 13.8 Å². The van der Waals surface area contributed by atoms with Crippen LogP contribution in [0.3, 0.4) is 0 Å². The molecule has 1 saturated carbocycles. The molecule has 2 heteroatoms. The van der Waals surface area contributed by atoms with Gasteiger partial charge in [-0.25, -0.2) is 0 Å². The highest BCUT2D eigenvalue weighted by Crippen LogP contribution is 2.32. The van der Waals surface area contributed by atoms with Crippen molar-refractivity contribution in [3.8, 4) is 0 Å². The number of hydrogen-bond acceptors (Lipinski definition) is 2. The molecule has 0 unspecified atom stereocenters. The third kappa shape index (κ3) is 3.91. The molecule has 0 aliphatic heterocycles. The van der Waals surface area contributed by atoms with Gasteiger partial charge in [-0.3, -0.25) is 4.79 Å². The van der Waals surface area contributed by atoms with Gasteiger partial charge in [-0.05, 0) is 18.3 Å². The Kier molecular flexibility index (Phi) is 4.01. The summed E-state index contributed by atoms with van der Waals surface area (Å²) in [5.74, 6) is 0.453. The maximum absolute atomic E-state index is 10.8. The van der Waals surface area contributed by atoms with Crippen molar-refractivity contribution in [3.63, 3.8) is 0 Å². The molecule has 0 atom stereocenters. The van der Waals surface area contributed by atoms with Crippen molar-refractivity contribution in [2.24, 2.45) is 5.41 Å². The molecule has 0 saturated heterocycles. The van der Waals surface area contributed by atoms with Gasteiger partial charge in [-0.15, -0.1) is 0 Å². The van der Waals surface area contributed by atoms with E-state index in [0.29, 0.717) is 11.2 Å². The van der Waals surface area contributed by atoms with Gasteiger partial charge in [0, 0.05) is 12.8 Å². The zero-order valence-electron chi connectivity index (χ0n) is 7.35. The zero-order chi connectivity index (χ0) is 8.91. The smallest absolute Gasteiger partial charge is 0.132 e. The first kappa shape index (κ1) is 10.3. The minimum atomic E-state index is 0.438. The fourth-order valence-corrected chi connectivity index (χ4v) is 1.21. The molecule has 64 valence electrons. The van der Waals surface area contributed by atoms with Crippen LogP contribution in [0.25, 0.3) is 0 Å². The fourth-order valence-electron chi connectivity index (χ4n) is 1.21. The topological polar surface area (TPSA) is 34.1 Å². The van der Waals surface area contributed by atoms with E-state index >= 15 is 0 Å². The number of carbonyl (C=O) groups is 2. The van der Waals surface area contributed by atoms with Crippen LogP contribution in [0.5, 0.6) is 0 Å². The van der Waals surface area contributed by atoms with Crippen LogP contribution in [-0.2, 0) is 9.59 Å². The number of ketones is 1. The first-order valence-corrected chi connectivity index (χ1v) is 3.91. The van der Waals surface area contributed by atoms with Crippen LogP contribution in [0.2, 0.25) is 0 Å². The van der Waals surface area contributed by atoms with Crippen molar-refractivity contribution in [2.45, 2.75) is 39.5 Å². The molecular formula is C9H16O2. The molecule has 1 aliphatic rings. The number of hydrogen-bond donors (Lipinski definition) is 0. The van der Waals surface area contributed by atoms with E-state index < -0.39 is 0 Å². The molecule has 0 spiro atoms. The van der Waals surface area contributed by atoms with Crippen LogP contribution in [0.15, 0.2) is 0 Å². The second-order valence-corrected chi connectivity index (χ2v) is 3.70. The Bertz CT molecular complexity index is 126. The van der Waals surface area contributed by atoms with Crippen LogP contribution in [0, 0.1) is 5.41 Å². The lowest BCUT2D eigenvalue weighted by molar-refractivity contribution is -0.122. The van der Waals surface area contributed by atoms with E-state index in [9.17, 15) is 4.79 Å². The maximum Gasteiger partial charge on any atom is 0.132 e. The van der Waals surface area contributed by atoms with Gasteiger partial charge in [0.15, 0.2) is 0 Å². The van der Waals surface area contributed by atoms with Crippen LogP contribution in [0.4, 0.5) is 0 Å². The van der Waals surface area contributed by atoms with E-state index in [1.165, 1.54) is 0 Å². The van der Waals surface area contributed by atoms with Gasteiger partial charge in [0.1, 0.15) is 12.6 Å². The SMILES string of the molecule is C=O.CC1(C)CCC(=O)CC1. The Hall–Kier alpha value is -0.660. The van der Waals surface area contributed by atoms with Crippen molar-refractivity contribution in [1.29, 1.82) is 0 Å². The quantitative estimate of drug-likeness (QED) is 0.537. The van der Waals surface area contributed by atoms with E-state index in [0.717, 1.165) is 25.7 Å². The zero-order valence-corrected chi connectivity index (χ0v) is 7.35. The predicted octanol–water partition coefficient (Wildman–Crippen LogP) is 1.97. The Morgan fingerprint density at radius 2 is 1.55 bits per heavy atom. The van der Waals surface area contributed by atoms with Crippen LogP contribution in [0.1, 0.15) is 39.5 Å². The summed E-state index contributed by atoms with van der Waals surface area (Å²) in [7, 11) is 0. The van der Waals surface area contributed by atoms with Crippen molar-refractivity contribution in [1.82, 2.24) is 0 Å². The number of Topliss-reactive ketones (excluding diaryl/α,β-unsaturated/α-hetero) is 1. The van der Waals surface area contributed by atoms with Crippen molar-refractivity contribution >= 4 is 12.6 Å². The Balaban J connectivity index is 0.000000461.